The lowest BCUT2D eigenvalue weighted by molar-refractivity contribution is 0.102. The van der Waals surface area contributed by atoms with Crippen LogP contribution in [0, 0.1) is 0 Å². The summed E-state index contributed by atoms with van der Waals surface area (Å²) in [4.78, 5) is 21.1. The topological polar surface area (TPSA) is 76.1 Å². The number of hydrogen-bond acceptors (Lipinski definition) is 5. The number of nitrogens with one attached hydrogen (secondary N) is 2. The maximum absolute atomic E-state index is 12.5. The number of para-hydroxylation sites is 3. The smallest absolute Gasteiger partial charge is 0.275 e. The van der Waals surface area contributed by atoms with Gasteiger partial charge in [0.2, 0.25) is 0 Å². The maximum Gasteiger partial charge on any atom is 0.275 e. The summed E-state index contributed by atoms with van der Waals surface area (Å²) in [6.45, 7) is 6.69. The van der Waals surface area contributed by atoms with Crippen LogP contribution in [0.1, 0.15) is 42.7 Å². The minimum absolute atomic E-state index is 0.231. The lowest BCUT2D eigenvalue weighted by atomic mass is 10.0. The zero-order valence-electron chi connectivity index (χ0n) is 16.3. The van der Waals surface area contributed by atoms with Gasteiger partial charge >= 0.3 is 0 Å². The summed E-state index contributed by atoms with van der Waals surface area (Å²) in [5.74, 6) is 1.25. The van der Waals surface area contributed by atoms with Gasteiger partial charge in [0.1, 0.15) is 17.3 Å². The van der Waals surface area contributed by atoms with E-state index in [9.17, 15) is 4.79 Å². The van der Waals surface area contributed by atoms with Crippen LogP contribution in [0.5, 0.6) is 5.75 Å². The highest BCUT2D eigenvalue weighted by Crippen LogP contribution is 2.26. The van der Waals surface area contributed by atoms with Crippen molar-refractivity contribution in [2.75, 3.05) is 17.2 Å². The fraction of sp³-hybridized carbons (Fsp3) is 0.227. The zero-order valence-corrected chi connectivity index (χ0v) is 16.3. The number of amides is 1. The lowest BCUT2D eigenvalue weighted by Crippen LogP contribution is -2.15. The molecule has 1 amide bonds. The maximum atomic E-state index is 12.5. The summed E-state index contributed by atoms with van der Waals surface area (Å²) < 4.78 is 5.53. The van der Waals surface area contributed by atoms with Gasteiger partial charge in [-0.2, -0.15) is 0 Å². The van der Waals surface area contributed by atoms with Crippen LogP contribution in [0.15, 0.2) is 60.9 Å². The van der Waals surface area contributed by atoms with Crippen LogP contribution in [0.25, 0.3) is 0 Å². The van der Waals surface area contributed by atoms with E-state index in [1.165, 1.54) is 11.8 Å². The molecular formula is C22H24N4O2. The van der Waals surface area contributed by atoms with Crippen molar-refractivity contribution in [3.63, 3.8) is 0 Å². The molecule has 6 nitrogen and oxygen atoms in total. The Morgan fingerprint density at radius 2 is 1.71 bits per heavy atom. The molecule has 0 aliphatic heterocycles. The van der Waals surface area contributed by atoms with E-state index in [0.717, 1.165) is 5.69 Å². The SMILES string of the molecule is CCOc1ccccc1NC(=O)c1cnc(Nc2ccccc2C(C)C)cn1. The summed E-state index contributed by atoms with van der Waals surface area (Å²) >= 11 is 0. The molecule has 0 fully saturated rings. The molecule has 0 radical (unpaired) electrons. The molecule has 3 aromatic rings. The van der Waals surface area contributed by atoms with Crippen molar-refractivity contribution < 1.29 is 9.53 Å². The number of aromatic nitrogens is 2. The van der Waals surface area contributed by atoms with Crippen molar-refractivity contribution in [3.8, 4) is 5.75 Å². The van der Waals surface area contributed by atoms with Gasteiger partial charge in [-0.25, -0.2) is 9.97 Å². The molecule has 0 saturated carbocycles. The van der Waals surface area contributed by atoms with Gasteiger partial charge in [0.05, 0.1) is 24.7 Å². The quantitative estimate of drug-likeness (QED) is 0.607. The van der Waals surface area contributed by atoms with E-state index in [2.05, 4.69) is 40.5 Å². The van der Waals surface area contributed by atoms with Crippen LogP contribution < -0.4 is 15.4 Å². The van der Waals surface area contributed by atoms with Gasteiger partial charge in [-0.3, -0.25) is 4.79 Å². The second-order valence-electron chi connectivity index (χ2n) is 6.54. The third-order valence-corrected chi connectivity index (χ3v) is 4.17. The number of benzene rings is 2. The number of carbonyl (C=O) groups excluding carboxylic acids is 1. The standard InChI is InChI=1S/C22H24N4O2/c1-4-28-20-12-8-7-11-18(20)26-22(27)19-13-24-21(14-23-19)25-17-10-6-5-9-16(17)15(2)3/h5-15H,4H2,1-3H3,(H,24,25)(H,26,27). The minimum Gasteiger partial charge on any atom is -0.492 e. The first-order valence-corrected chi connectivity index (χ1v) is 9.29. The molecule has 0 spiro atoms. The van der Waals surface area contributed by atoms with Gasteiger partial charge in [0, 0.05) is 5.69 Å². The Bertz CT molecular complexity index is 939. The van der Waals surface area contributed by atoms with Crippen LogP contribution in [0.2, 0.25) is 0 Å². The van der Waals surface area contributed by atoms with E-state index in [-0.39, 0.29) is 11.6 Å². The van der Waals surface area contributed by atoms with Gasteiger partial charge in [0.25, 0.3) is 5.91 Å². The number of carbonyl (C=O) groups is 1. The van der Waals surface area contributed by atoms with Gasteiger partial charge in [-0.15, -0.1) is 0 Å². The Labute approximate surface area is 165 Å². The third-order valence-electron chi connectivity index (χ3n) is 4.17. The van der Waals surface area contributed by atoms with Crippen molar-refractivity contribution in [3.05, 3.63) is 72.2 Å². The van der Waals surface area contributed by atoms with Gasteiger partial charge < -0.3 is 15.4 Å². The summed E-state index contributed by atoms with van der Waals surface area (Å²) in [6, 6.07) is 15.4. The Kier molecular flexibility index (Phi) is 6.22. The molecule has 28 heavy (non-hydrogen) atoms. The second kappa shape index (κ2) is 8.99. The summed E-state index contributed by atoms with van der Waals surface area (Å²) in [5, 5.41) is 6.09. The second-order valence-corrected chi connectivity index (χ2v) is 6.54. The fourth-order valence-electron chi connectivity index (χ4n) is 2.80. The fourth-order valence-corrected chi connectivity index (χ4v) is 2.80. The van der Waals surface area contributed by atoms with Crippen molar-refractivity contribution in [2.24, 2.45) is 0 Å². The van der Waals surface area contributed by atoms with E-state index < -0.39 is 0 Å². The molecule has 2 N–H and O–H groups in total. The van der Waals surface area contributed by atoms with Crippen molar-refractivity contribution >= 4 is 23.1 Å². The van der Waals surface area contributed by atoms with E-state index in [0.29, 0.717) is 29.8 Å². The normalized spacial score (nSPS) is 10.6. The van der Waals surface area contributed by atoms with Gasteiger partial charge in [-0.1, -0.05) is 44.2 Å². The molecule has 0 aliphatic rings. The molecule has 1 heterocycles. The van der Waals surface area contributed by atoms with E-state index in [4.69, 9.17) is 4.74 Å². The van der Waals surface area contributed by atoms with Crippen LogP contribution in [0.4, 0.5) is 17.2 Å². The van der Waals surface area contributed by atoms with Crippen molar-refractivity contribution in [2.45, 2.75) is 26.7 Å². The van der Waals surface area contributed by atoms with Crippen molar-refractivity contribution in [1.82, 2.24) is 9.97 Å². The molecule has 2 aromatic carbocycles. The Balaban J connectivity index is 1.72. The number of ether oxygens (including phenoxy) is 1. The lowest BCUT2D eigenvalue weighted by Gasteiger charge is -2.14. The number of anilines is 3. The van der Waals surface area contributed by atoms with Gasteiger partial charge in [0.15, 0.2) is 0 Å². The molecule has 0 bridgehead atoms. The molecule has 6 heteroatoms. The Hall–Kier alpha value is -3.41. The molecule has 0 unspecified atom stereocenters. The first-order chi connectivity index (χ1) is 13.6. The molecular weight excluding hydrogens is 352 g/mol. The van der Waals surface area contributed by atoms with Crippen LogP contribution in [-0.4, -0.2) is 22.5 Å². The van der Waals surface area contributed by atoms with Crippen LogP contribution >= 0.6 is 0 Å². The molecule has 3 rings (SSSR count). The number of rotatable bonds is 7. The number of nitrogens with zero attached hydrogens (tertiary/aromatic N) is 2. The monoisotopic (exact) mass is 376 g/mol. The summed E-state index contributed by atoms with van der Waals surface area (Å²) in [7, 11) is 0. The highest BCUT2D eigenvalue weighted by Gasteiger charge is 2.12. The molecule has 144 valence electrons. The Morgan fingerprint density at radius 1 is 1.00 bits per heavy atom. The van der Waals surface area contributed by atoms with Crippen molar-refractivity contribution in [1.29, 1.82) is 0 Å². The third kappa shape index (κ3) is 4.65. The highest BCUT2D eigenvalue weighted by atomic mass is 16.5. The predicted molar refractivity (Wildman–Crippen MR) is 111 cm³/mol. The molecule has 1 aromatic heterocycles. The average molecular weight is 376 g/mol. The van der Waals surface area contributed by atoms with E-state index in [1.54, 1.807) is 12.3 Å². The van der Waals surface area contributed by atoms with Crippen LogP contribution in [-0.2, 0) is 0 Å². The van der Waals surface area contributed by atoms with E-state index >= 15 is 0 Å². The minimum atomic E-state index is -0.339. The van der Waals surface area contributed by atoms with Gasteiger partial charge in [-0.05, 0) is 36.6 Å². The largest absolute Gasteiger partial charge is 0.492 e. The molecule has 0 aliphatic carbocycles. The summed E-state index contributed by atoms with van der Waals surface area (Å²) in [5.41, 5.74) is 3.01. The zero-order chi connectivity index (χ0) is 19.9. The molecule has 0 atom stereocenters. The van der Waals surface area contributed by atoms with E-state index in [1.807, 2.05) is 43.3 Å². The Morgan fingerprint density at radius 3 is 2.39 bits per heavy atom. The predicted octanol–water partition coefficient (Wildman–Crippen LogP) is 4.99. The molecule has 0 saturated heterocycles. The first kappa shape index (κ1) is 19.4. The first-order valence-electron chi connectivity index (χ1n) is 9.29. The highest BCUT2D eigenvalue weighted by molar-refractivity contribution is 6.03. The summed E-state index contributed by atoms with van der Waals surface area (Å²) in [6.07, 6.45) is 3.01. The average Bonchev–Trinajstić information content (AvgIpc) is 2.70. The number of hydrogen-bond donors (Lipinski definition) is 2. The van der Waals surface area contributed by atoms with Crippen LogP contribution in [0.3, 0.4) is 0 Å².